The number of rotatable bonds is 5. The summed E-state index contributed by atoms with van der Waals surface area (Å²) in [5, 5.41) is 2.96. The third-order valence-corrected chi connectivity index (χ3v) is 4.84. The number of nitrogens with one attached hydrogen (secondary N) is 1. The fourth-order valence-electron chi connectivity index (χ4n) is 2.70. The molecular weight excluding hydrogens is 310 g/mol. The minimum Gasteiger partial charge on any atom is -0.374 e. The number of benzene rings is 1. The molecule has 1 N–H and O–H groups in total. The van der Waals surface area contributed by atoms with Crippen LogP contribution in [0.1, 0.15) is 20.9 Å². The maximum atomic E-state index is 12.1. The summed E-state index contributed by atoms with van der Waals surface area (Å²) >= 11 is 1.37. The van der Waals surface area contributed by atoms with Gasteiger partial charge in [-0.2, -0.15) is 0 Å². The van der Waals surface area contributed by atoms with Gasteiger partial charge >= 0.3 is 0 Å². The van der Waals surface area contributed by atoms with E-state index in [1.165, 1.54) is 16.9 Å². The van der Waals surface area contributed by atoms with Gasteiger partial charge in [0.2, 0.25) is 0 Å². The molecule has 1 atom stereocenters. The van der Waals surface area contributed by atoms with Gasteiger partial charge in [-0.05, 0) is 12.5 Å². The third-order valence-electron chi connectivity index (χ3n) is 3.91. The molecule has 23 heavy (non-hydrogen) atoms. The topological polar surface area (TPSA) is 54.5 Å². The first-order valence-electron chi connectivity index (χ1n) is 7.78. The molecule has 122 valence electrons. The first-order valence-corrected chi connectivity index (χ1v) is 8.66. The van der Waals surface area contributed by atoms with E-state index in [4.69, 9.17) is 4.74 Å². The molecule has 6 heteroatoms. The van der Waals surface area contributed by atoms with E-state index in [0.29, 0.717) is 18.0 Å². The monoisotopic (exact) mass is 331 g/mol. The summed E-state index contributed by atoms with van der Waals surface area (Å²) in [6.07, 6.45) is 0.0321. The van der Waals surface area contributed by atoms with Crippen molar-refractivity contribution in [2.45, 2.75) is 19.6 Å². The Kier molecular flexibility index (Phi) is 5.38. The molecule has 5 nitrogen and oxygen atoms in total. The largest absolute Gasteiger partial charge is 0.374 e. The molecule has 1 aliphatic heterocycles. The van der Waals surface area contributed by atoms with Crippen LogP contribution in [-0.4, -0.2) is 48.1 Å². The third kappa shape index (κ3) is 4.37. The lowest BCUT2D eigenvalue weighted by Gasteiger charge is -2.33. The van der Waals surface area contributed by atoms with E-state index in [2.05, 4.69) is 39.5 Å². The van der Waals surface area contributed by atoms with Gasteiger partial charge in [-0.3, -0.25) is 9.69 Å². The van der Waals surface area contributed by atoms with Gasteiger partial charge in [-0.1, -0.05) is 30.3 Å². The van der Waals surface area contributed by atoms with Crippen molar-refractivity contribution < 1.29 is 9.53 Å². The van der Waals surface area contributed by atoms with Crippen molar-refractivity contribution in [3.05, 3.63) is 52.0 Å². The van der Waals surface area contributed by atoms with E-state index < -0.39 is 0 Å². The molecule has 1 saturated heterocycles. The Hall–Kier alpha value is -1.76. The number of aryl methyl sites for hydroxylation is 1. The molecule has 2 heterocycles. The molecule has 0 unspecified atom stereocenters. The zero-order chi connectivity index (χ0) is 16.1. The molecule has 0 radical (unpaired) electrons. The van der Waals surface area contributed by atoms with Crippen molar-refractivity contribution in [3.63, 3.8) is 0 Å². The summed E-state index contributed by atoms with van der Waals surface area (Å²) in [6, 6.07) is 10.4. The van der Waals surface area contributed by atoms with Gasteiger partial charge in [0, 0.05) is 26.2 Å². The molecular formula is C17H21N3O2S. The number of hydrogen-bond donors (Lipinski definition) is 1. The highest BCUT2D eigenvalue weighted by atomic mass is 32.1. The molecule has 0 bridgehead atoms. The number of ether oxygens (including phenoxy) is 1. The van der Waals surface area contributed by atoms with Crippen LogP contribution >= 0.6 is 11.3 Å². The van der Waals surface area contributed by atoms with Crippen molar-refractivity contribution in [2.75, 3.05) is 26.2 Å². The molecule has 1 aromatic heterocycles. The Labute approximate surface area is 140 Å². The molecule has 0 aliphatic carbocycles. The quantitative estimate of drug-likeness (QED) is 0.911. The van der Waals surface area contributed by atoms with E-state index in [-0.39, 0.29) is 12.0 Å². The summed E-state index contributed by atoms with van der Waals surface area (Å²) in [5.41, 5.74) is 3.78. The summed E-state index contributed by atoms with van der Waals surface area (Å²) in [7, 11) is 0. The Bertz CT molecular complexity index is 644. The van der Waals surface area contributed by atoms with Crippen molar-refractivity contribution >= 4 is 17.2 Å². The molecule has 2 aromatic rings. The van der Waals surface area contributed by atoms with E-state index in [1.807, 2.05) is 13.0 Å². The molecule has 0 saturated carbocycles. The first-order chi connectivity index (χ1) is 11.2. The highest BCUT2D eigenvalue weighted by Crippen LogP contribution is 2.13. The second-order valence-corrected chi connectivity index (χ2v) is 6.55. The summed E-state index contributed by atoms with van der Waals surface area (Å²) in [6.45, 7) is 5.76. The van der Waals surface area contributed by atoms with Crippen LogP contribution in [0, 0.1) is 6.92 Å². The first kappa shape index (κ1) is 16.1. The highest BCUT2D eigenvalue weighted by Gasteiger charge is 2.22. The molecule has 1 aromatic carbocycles. The Morgan fingerprint density at radius 2 is 2.26 bits per heavy atom. The van der Waals surface area contributed by atoms with Crippen LogP contribution in [-0.2, 0) is 11.3 Å². The molecule has 0 spiro atoms. The van der Waals surface area contributed by atoms with Crippen molar-refractivity contribution in [1.82, 2.24) is 15.2 Å². The maximum absolute atomic E-state index is 12.1. The predicted molar refractivity (Wildman–Crippen MR) is 90.6 cm³/mol. The average molecular weight is 331 g/mol. The average Bonchev–Trinajstić information content (AvgIpc) is 3.00. The van der Waals surface area contributed by atoms with Crippen molar-refractivity contribution in [2.24, 2.45) is 0 Å². The molecule has 3 rings (SSSR count). The lowest BCUT2D eigenvalue weighted by atomic mass is 10.2. The second-order valence-electron chi connectivity index (χ2n) is 5.69. The van der Waals surface area contributed by atoms with Gasteiger partial charge in [0.15, 0.2) is 0 Å². The number of nitrogens with zero attached hydrogens (tertiary/aromatic N) is 2. The Balaban J connectivity index is 1.49. The van der Waals surface area contributed by atoms with Crippen LogP contribution in [0.3, 0.4) is 0 Å². The predicted octanol–water partition coefficient (Wildman–Crippen LogP) is 2.08. The number of morpholine rings is 1. The number of aromatic nitrogens is 1. The summed E-state index contributed by atoms with van der Waals surface area (Å²) in [5.74, 6) is -0.0613. The van der Waals surface area contributed by atoms with Crippen molar-refractivity contribution in [3.8, 4) is 0 Å². The standard InChI is InChI=1S/C17H21N3O2S/c1-13-16(23-12-19-13)17(21)18-9-15-11-20(7-8-22-15)10-14-5-3-2-4-6-14/h2-6,12,15H,7-11H2,1H3,(H,18,21)/t15-/m1/s1. The lowest BCUT2D eigenvalue weighted by molar-refractivity contribution is -0.0292. The van der Waals surface area contributed by atoms with E-state index >= 15 is 0 Å². The van der Waals surface area contributed by atoms with Gasteiger partial charge < -0.3 is 10.1 Å². The maximum Gasteiger partial charge on any atom is 0.263 e. The number of thiazole rings is 1. The van der Waals surface area contributed by atoms with Crippen LogP contribution in [0.5, 0.6) is 0 Å². The van der Waals surface area contributed by atoms with E-state index in [9.17, 15) is 4.79 Å². The minimum absolute atomic E-state index is 0.0321. The SMILES string of the molecule is Cc1ncsc1C(=O)NC[C@@H]1CN(Cc2ccccc2)CCO1. The minimum atomic E-state index is -0.0613. The van der Waals surface area contributed by atoms with E-state index in [0.717, 1.165) is 25.3 Å². The highest BCUT2D eigenvalue weighted by molar-refractivity contribution is 7.11. The van der Waals surface area contributed by atoms with Crippen LogP contribution < -0.4 is 5.32 Å². The van der Waals surface area contributed by atoms with Crippen LogP contribution in [0.4, 0.5) is 0 Å². The zero-order valence-electron chi connectivity index (χ0n) is 13.2. The Morgan fingerprint density at radius 1 is 1.43 bits per heavy atom. The number of carbonyl (C=O) groups is 1. The smallest absolute Gasteiger partial charge is 0.263 e. The normalized spacial score (nSPS) is 18.7. The van der Waals surface area contributed by atoms with Crippen LogP contribution in [0.25, 0.3) is 0 Å². The molecule has 1 aliphatic rings. The Morgan fingerprint density at radius 3 is 3.00 bits per heavy atom. The van der Waals surface area contributed by atoms with Gasteiger partial charge in [-0.15, -0.1) is 11.3 Å². The van der Waals surface area contributed by atoms with Crippen LogP contribution in [0.15, 0.2) is 35.8 Å². The van der Waals surface area contributed by atoms with Gasteiger partial charge in [0.25, 0.3) is 5.91 Å². The second kappa shape index (κ2) is 7.68. The van der Waals surface area contributed by atoms with Crippen molar-refractivity contribution in [1.29, 1.82) is 0 Å². The summed E-state index contributed by atoms with van der Waals surface area (Å²) < 4.78 is 5.78. The van der Waals surface area contributed by atoms with Crippen LogP contribution in [0.2, 0.25) is 0 Å². The number of amides is 1. The van der Waals surface area contributed by atoms with Gasteiger partial charge in [0.05, 0.1) is 23.9 Å². The molecule has 1 amide bonds. The summed E-state index contributed by atoms with van der Waals surface area (Å²) in [4.78, 5) is 19.3. The lowest BCUT2D eigenvalue weighted by Crippen LogP contribution is -2.47. The zero-order valence-corrected chi connectivity index (χ0v) is 14.0. The number of hydrogen-bond acceptors (Lipinski definition) is 5. The number of carbonyl (C=O) groups excluding carboxylic acids is 1. The van der Waals surface area contributed by atoms with Gasteiger partial charge in [-0.25, -0.2) is 4.98 Å². The van der Waals surface area contributed by atoms with Gasteiger partial charge in [0.1, 0.15) is 4.88 Å². The van der Waals surface area contributed by atoms with E-state index in [1.54, 1.807) is 5.51 Å². The fourth-order valence-corrected chi connectivity index (χ4v) is 3.41. The fraction of sp³-hybridized carbons (Fsp3) is 0.412. The molecule has 1 fully saturated rings.